The topological polar surface area (TPSA) is 46.2 Å². The van der Waals surface area contributed by atoms with Gasteiger partial charge in [0.2, 0.25) is 0 Å². The van der Waals surface area contributed by atoms with Gasteiger partial charge in [0.15, 0.2) is 0 Å². The molecule has 0 aliphatic carbocycles. The van der Waals surface area contributed by atoms with E-state index in [0.29, 0.717) is 5.02 Å². The standard InChI is InChI=1S/C11H10ClNOS/c12-8-6-7(3-4-9(8)14)11(13)10-2-1-5-15-10/h1-6,11,14H,13H2/t11-/m1/s1. The highest BCUT2D eigenvalue weighted by Crippen LogP contribution is 2.29. The van der Waals surface area contributed by atoms with Crippen molar-refractivity contribution >= 4 is 22.9 Å². The van der Waals surface area contributed by atoms with Crippen molar-refractivity contribution < 1.29 is 5.11 Å². The number of hydrogen-bond acceptors (Lipinski definition) is 3. The number of nitrogens with two attached hydrogens (primary N) is 1. The molecular weight excluding hydrogens is 230 g/mol. The van der Waals surface area contributed by atoms with Gasteiger partial charge in [0.1, 0.15) is 5.75 Å². The first kappa shape index (κ1) is 10.5. The van der Waals surface area contributed by atoms with E-state index in [1.54, 1.807) is 29.5 Å². The quantitative estimate of drug-likeness (QED) is 0.846. The van der Waals surface area contributed by atoms with Gasteiger partial charge in [-0.2, -0.15) is 0 Å². The maximum atomic E-state index is 9.29. The Morgan fingerprint density at radius 2 is 2.13 bits per heavy atom. The maximum absolute atomic E-state index is 9.29. The van der Waals surface area contributed by atoms with E-state index in [-0.39, 0.29) is 11.8 Å². The van der Waals surface area contributed by atoms with Gasteiger partial charge in [0.25, 0.3) is 0 Å². The smallest absolute Gasteiger partial charge is 0.134 e. The summed E-state index contributed by atoms with van der Waals surface area (Å²) in [7, 11) is 0. The lowest BCUT2D eigenvalue weighted by Gasteiger charge is -2.10. The van der Waals surface area contributed by atoms with Crippen LogP contribution in [0, 0.1) is 0 Å². The Kier molecular flexibility index (Phi) is 2.95. The zero-order valence-corrected chi connectivity index (χ0v) is 9.42. The number of thiophene rings is 1. The van der Waals surface area contributed by atoms with Gasteiger partial charge < -0.3 is 10.8 Å². The zero-order valence-electron chi connectivity index (χ0n) is 7.85. The Morgan fingerprint density at radius 3 is 2.73 bits per heavy atom. The second kappa shape index (κ2) is 4.23. The van der Waals surface area contributed by atoms with Crippen LogP contribution < -0.4 is 5.73 Å². The van der Waals surface area contributed by atoms with Crippen LogP contribution in [0.3, 0.4) is 0 Å². The molecule has 2 nitrogen and oxygen atoms in total. The summed E-state index contributed by atoms with van der Waals surface area (Å²) in [6.45, 7) is 0. The lowest BCUT2D eigenvalue weighted by atomic mass is 10.1. The summed E-state index contributed by atoms with van der Waals surface area (Å²) in [5, 5.41) is 11.6. The third-order valence-electron chi connectivity index (χ3n) is 2.18. The number of phenolic OH excluding ortho intramolecular Hbond substituents is 1. The summed E-state index contributed by atoms with van der Waals surface area (Å²) >= 11 is 7.42. The van der Waals surface area contributed by atoms with Gasteiger partial charge in [-0.15, -0.1) is 11.3 Å². The Morgan fingerprint density at radius 1 is 1.33 bits per heavy atom. The number of aromatic hydroxyl groups is 1. The van der Waals surface area contributed by atoms with Crippen LogP contribution in [0.5, 0.6) is 5.75 Å². The molecule has 0 amide bonds. The average molecular weight is 240 g/mol. The van der Waals surface area contributed by atoms with Crippen molar-refractivity contribution in [3.8, 4) is 5.75 Å². The van der Waals surface area contributed by atoms with Crippen molar-refractivity contribution in [2.24, 2.45) is 5.73 Å². The summed E-state index contributed by atoms with van der Waals surface area (Å²) in [5.41, 5.74) is 6.95. The second-order valence-electron chi connectivity index (χ2n) is 3.20. The van der Waals surface area contributed by atoms with Gasteiger partial charge in [-0.3, -0.25) is 0 Å². The van der Waals surface area contributed by atoms with Gasteiger partial charge in [0.05, 0.1) is 11.1 Å². The number of halogens is 1. The Balaban J connectivity index is 2.34. The second-order valence-corrected chi connectivity index (χ2v) is 4.59. The van der Waals surface area contributed by atoms with Crippen LogP contribution in [0.25, 0.3) is 0 Å². The molecule has 78 valence electrons. The summed E-state index contributed by atoms with van der Waals surface area (Å²) < 4.78 is 0. The van der Waals surface area contributed by atoms with E-state index in [4.69, 9.17) is 17.3 Å². The molecule has 2 aromatic rings. The molecule has 0 bridgehead atoms. The highest BCUT2D eigenvalue weighted by Gasteiger charge is 2.11. The van der Waals surface area contributed by atoms with Crippen LogP contribution in [0.2, 0.25) is 5.02 Å². The average Bonchev–Trinajstić information content (AvgIpc) is 2.74. The van der Waals surface area contributed by atoms with Crippen molar-refractivity contribution in [3.05, 3.63) is 51.2 Å². The molecule has 0 saturated carbocycles. The van der Waals surface area contributed by atoms with Crippen LogP contribution >= 0.6 is 22.9 Å². The van der Waals surface area contributed by atoms with Crippen LogP contribution in [0.4, 0.5) is 0 Å². The third kappa shape index (κ3) is 2.15. The van der Waals surface area contributed by atoms with Gasteiger partial charge >= 0.3 is 0 Å². The van der Waals surface area contributed by atoms with E-state index in [9.17, 15) is 5.11 Å². The molecule has 0 fully saturated rings. The minimum Gasteiger partial charge on any atom is -0.506 e. The van der Waals surface area contributed by atoms with Gasteiger partial charge in [-0.05, 0) is 29.1 Å². The third-order valence-corrected chi connectivity index (χ3v) is 3.44. The van der Waals surface area contributed by atoms with E-state index in [1.165, 1.54) is 0 Å². The lowest BCUT2D eigenvalue weighted by Crippen LogP contribution is -2.09. The Labute approximate surface area is 96.9 Å². The molecule has 2 rings (SSSR count). The fraction of sp³-hybridized carbons (Fsp3) is 0.0909. The Bertz CT molecular complexity index is 456. The molecule has 0 unspecified atom stereocenters. The van der Waals surface area contributed by atoms with E-state index >= 15 is 0 Å². The van der Waals surface area contributed by atoms with Crippen LogP contribution in [-0.2, 0) is 0 Å². The molecule has 0 spiro atoms. The largest absolute Gasteiger partial charge is 0.506 e. The van der Waals surface area contributed by atoms with Crippen LogP contribution in [0.1, 0.15) is 16.5 Å². The molecule has 1 atom stereocenters. The zero-order chi connectivity index (χ0) is 10.8. The first-order valence-corrected chi connectivity index (χ1v) is 5.71. The number of benzene rings is 1. The minimum absolute atomic E-state index is 0.0822. The van der Waals surface area contributed by atoms with E-state index in [1.807, 2.05) is 17.5 Å². The van der Waals surface area contributed by atoms with Crippen molar-refractivity contribution in [1.29, 1.82) is 0 Å². The lowest BCUT2D eigenvalue weighted by molar-refractivity contribution is 0.475. The van der Waals surface area contributed by atoms with Crippen molar-refractivity contribution in [2.45, 2.75) is 6.04 Å². The molecule has 0 saturated heterocycles. The first-order chi connectivity index (χ1) is 7.18. The fourth-order valence-corrected chi connectivity index (χ4v) is 2.29. The molecule has 0 aliphatic heterocycles. The van der Waals surface area contributed by atoms with Crippen LogP contribution in [0.15, 0.2) is 35.7 Å². The van der Waals surface area contributed by atoms with Crippen LogP contribution in [-0.4, -0.2) is 5.11 Å². The molecule has 3 N–H and O–H groups in total. The van der Waals surface area contributed by atoms with Gasteiger partial charge in [-0.1, -0.05) is 23.7 Å². The molecule has 1 heterocycles. The molecular formula is C11H10ClNOS. The Hall–Kier alpha value is -1.03. The van der Waals surface area contributed by atoms with E-state index in [2.05, 4.69) is 0 Å². The highest BCUT2D eigenvalue weighted by atomic mass is 35.5. The molecule has 0 aliphatic rings. The van der Waals surface area contributed by atoms with E-state index in [0.717, 1.165) is 10.4 Å². The predicted octanol–water partition coefficient (Wildman–Crippen LogP) is 3.16. The summed E-state index contributed by atoms with van der Waals surface area (Å²) in [4.78, 5) is 1.08. The molecule has 1 aromatic heterocycles. The highest BCUT2D eigenvalue weighted by molar-refractivity contribution is 7.10. The van der Waals surface area contributed by atoms with Crippen molar-refractivity contribution in [2.75, 3.05) is 0 Å². The number of phenols is 1. The summed E-state index contributed by atoms with van der Waals surface area (Å²) in [6, 6.07) is 8.80. The predicted molar refractivity (Wildman–Crippen MR) is 63.5 cm³/mol. The fourth-order valence-electron chi connectivity index (χ4n) is 1.35. The maximum Gasteiger partial charge on any atom is 0.134 e. The molecule has 1 aromatic carbocycles. The van der Waals surface area contributed by atoms with Crippen molar-refractivity contribution in [3.63, 3.8) is 0 Å². The monoisotopic (exact) mass is 239 g/mol. The minimum atomic E-state index is -0.178. The summed E-state index contributed by atoms with van der Waals surface area (Å²) in [6.07, 6.45) is 0. The molecule has 4 heteroatoms. The normalized spacial score (nSPS) is 12.7. The van der Waals surface area contributed by atoms with Gasteiger partial charge in [0, 0.05) is 4.88 Å². The molecule has 15 heavy (non-hydrogen) atoms. The number of rotatable bonds is 2. The SMILES string of the molecule is N[C@H](c1ccc(O)c(Cl)c1)c1cccs1. The first-order valence-electron chi connectivity index (χ1n) is 4.46. The number of hydrogen-bond donors (Lipinski definition) is 2. The van der Waals surface area contributed by atoms with Gasteiger partial charge in [-0.25, -0.2) is 0 Å². The molecule has 0 radical (unpaired) electrons. The van der Waals surface area contributed by atoms with E-state index < -0.39 is 0 Å². The summed E-state index contributed by atoms with van der Waals surface area (Å²) in [5.74, 6) is 0.0822. The van der Waals surface area contributed by atoms with Crippen molar-refractivity contribution in [1.82, 2.24) is 0 Å².